The van der Waals surface area contributed by atoms with E-state index in [2.05, 4.69) is 15.9 Å². The van der Waals surface area contributed by atoms with Gasteiger partial charge < -0.3 is 5.73 Å². The molecule has 2 N–H and O–H groups in total. The lowest BCUT2D eigenvalue weighted by atomic mass is 9.99. The van der Waals surface area contributed by atoms with E-state index in [0.717, 1.165) is 0 Å². The average Bonchev–Trinajstić information content (AvgIpc) is 2.39. The van der Waals surface area contributed by atoms with Crippen molar-refractivity contribution < 1.29 is 8.78 Å². The smallest absolute Gasteiger partial charge is 0.147 e. The molecule has 0 aliphatic carbocycles. The van der Waals surface area contributed by atoms with Crippen LogP contribution in [-0.2, 0) is 6.42 Å². The topological polar surface area (TPSA) is 26.0 Å². The van der Waals surface area contributed by atoms with E-state index < -0.39 is 11.9 Å². The van der Waals surface area contributed by atoms with E-state index in [9.17, 15) is 8.78 Å². The van der Waals surface area contributed by atoms with Gasteiger partial charge in [0.1, 0.15) is 11.6 Å². The van der Waals surface area contributed by atoms with Gasteiger partial charge in [0.2, 0.25) is 0 Å². The van der Waals surface area contributed by atoms with Crippen LogP contribution < -0.4 is 5.73 Å². The third-order valence-electron chi connectivity index (χ3n) is 2.86. The van der Waals surface area contributed by atoms with E-state index in [-0.39, 0.29) is 22.8 Å². The number of hydrogen-bond donors (Lipinski definition) is 1. The molecule has 2 aromatic rings. The molecule has 19 heavy (non-hydrogen) atoms. The third kappa shape index (κ3) is 3.14. The predicted molar refractivity (Wildman–Crippen MR) is 76.1 cm³/mol. The van der Waals surface area contributed by atoms with Crippen molar-refractivity contribution in [1.29, 1.82) is 0 Å². The second-order valence-electron chi connectivity index (χ2n) is 4.17. The van der Waals surface area contributed by atoms with Crippen LogP contribution in [0.3, 0.4) is 0 Å². The molecule has 2 rings (SSSR count). The maximum Gasteiger partial charge on any atom is 0.147 e. The van der Waals surface area contributed by atoms with E-state index in [4.69, 9.17) is 17.3 Å². The zero-order chi connectivity index (χ0) is 14.0. The Labute approximate surface area is 123 Å². The summed E-state index contributed by atoms with van der Waals surface area (Å²) in [5.41, 5.74) is 6.66. The Morgan fingerprint density at radius 1 is 1.16 bits per heavy atom. The van der Waals surface area contributed by atoms with E-state index >= 15 is 0 Å². The van der Waals surface area contributed by atoms with Crippen LogP contribution in [0.1, 0.15) is 17.2 Å². The molecule has 1 nitrogen and oxygen atoms in total. The van der Waals surface area contributed by atoms with E-state index in [0.29, 0.717) is 10.0 Å². The first-order valence-corrected chi connectivity index (χ1v) is 6.80. The van der Waals surface area contributed by atoms with Gasteiger partial charge in [0.15, 0.2) is 0 Å². The zero-order valence-electron chi connectivity index (χ0n) is 9.84. The maximum atomic E-state index is 14.0. The van der Waals surface area contributed by atoms with Crippen LogP contribution in [0.4, 0.5) is 8.78 Å². The van der Waals surface area contributed by atoms with Gasteiger partial charge in [0, 0.05) is 16.1 Å². The number of halogens is 4. The first-order valence-electron chi connectivity index (χ1n) is 5.63. The van der Waals surface area contributed by atoms with Gasteiger partial charge in [-0.25, -0.2) is 8.78 Å². The van der Waals surface area contributed by atoms with Crippen molar-refractivity contribution in [3.05, 3.63) is 68.7 Å². The number of hydrogen-bond acceptors (Lipinski definition) is 1. The van der Waals surface area contributed by atoms with Gasteiger partial charge in [-0.1, -0.05) is 35.9 Å². The van der Waals surface area contributed by atoms with Gasteiger partial charge in [0.05, 0.1) is 5.02 Å². The molecule has 1 unspecified atom stereocenters. The molecule has 1 atom stereocenters. The SMILES string of the molecule is NC(Cc1ccccc1F)c1ccc(Br)c(Cl)c1F. The molecular formula is C14H11BrClF2N. The van der Waals surface area contributed by atoms with Crippen LogP contribution in [0.25, 0.3) is 0 Å². The summed E-state index contributed by atoms with van der Waals surface area (Å²) < 4.78 is 28.0. The molecule has 0 amide bonds. The highest BCUT2D eigenvalue weighted by Crippen LogP contribution is 2.31. The van der Waals surface area contributed by atoms with Crippen molar-refractivity contribution >= 4 is 27.5 Å². The van der Waals surface area contributed by atoms with E-state index in [1.807, 2.05) is 0 Å². The second kappa shape index (κ2) is 5.99. The summed E-state index contributed by atoms with van der Waals surface area (Å²) >= 11 is 8.94. The minimum atomic E-state index is -0.650. The van der Waals surface area contributed by atoms with Crippen molar-refractivity contribution in [2.45, 2.75) is 12.5 Å². The van der Waals surface area contributed by atoms with Gasteiger partial charge in [-0.05, 0) is 40.0 Å². The summed E-state index contributed by atoms with van der Waals surface area (Å²) in [5, 5.41) is -0.0125. The van der Waals surface area contributed by atoms with Crippen molar-refractivity contribution in [2.24, 2.45) is 5.73 Å². The lowest BCUT2D eigenvalue weighted by Gasteiger charge is -2.14. The normalized spacial score (nSPS) is 12.5. The quantitative estimate of drug-likeness (QED) is 0.806. The number of benzene rings is 2. The molecule has 0 saturated carbocycles. The Hall–Kier alpha value is -0.970. The van der Waals surface area contributed by atoms with Gasteiger partial charge in [-0.3, -0.25) is 0 Å². The molecule has 0 spiro atoms. The Morgan fingerprint density at radius 2 is 1.84 bits per heavy atom. The minimum Gasteiger partial charge on any atom is -0.324 e. The minimum absolute atomic E-state index is 0.0125. The van der Waals surface area contributed by atoms with Crippen LogP contribution in [0.15, 0.2) is 40.9 Å². The fourth-order valence-electron chi connectivity index (χ4n) is 1.84. The summed E-state index contributed by atoms with van der Waals surface area (Å²) in [6, 6.07) is 8.83. The summed E-state index contributed by atoms with van der Waals surface area (Å²) in [6.07, 6.45) is 0.210. The summed E-state index contributed by atoms with van der Waals surface area (Å²) in [5.74, 6) is -0.915. The van der Waals surface area contributed by atoms with Crippen LogP contribution in [-0.4, -0.2) is 0 Å². The van der Waals surface area contributed by atoms with Crippen LogP contribution in [0.5, 0.6) is 0 Å². The molecule has 0 bridgehead atoms. The monoisotopic (exact) mass is 345 g/mol. The van der Waals surface area contributed by atoms with Crippen molar-refractivity contribution in [2.75, 3.05) is 0 Å². The summed E-state index contributed by atoms with van der Waals surface area (Å²) in [6.45, 7) is 0. The van der Waals surface area contributed by atoms with Crippen LogP contribution in [0.2, 0.25) is 5.02 Å². The second-order valence-corrected chi connectivity index (χ2v) is 5.40. The Bertz CT molecular complexity index is 604. The molecule has 0 heterocycles. The molecule has 0 fully saturated rings. The maximum absolute atomic E-state index is 14.0. The molecule has 5 heteroatoms. The summed E-state index contributed by atoms with van der Waals surface area (Å²) in [7, 11) is 0. The zero-order valence-corrected chi connectivity index (χ0v) is 12.2. The standard InChI is InChI=1S/C14H11BrClF2N/c15-10-6-5-9(14(18)13(10)16)12(19)7-8-3-1-2-4-11(8)17/h1-6,12H,7,19H2. The fraction of sp³-hybridized carbons (Fsp3) is 0.143. The largest absolute Gasteiger partial charge is 0.324 e. The van der Waals surface area contributed by atoms with Crippen molar-refractivity contribution in [3.63, 3.8) is 0 Å². The average molecular weight is 347 g/mol. The van der Waals surface area contributed by atoms with Gasteiger partial charge in [-0.2, -0.15) is 0 Å². The van der Waals surface area contributed by atoms with Crippen LogP contribution >= 0.6 is 27.5 Å². The highest BCUT2D eigenvalue weighted by molar-refractivity contribution is 9.10. The highest BCUT2D eigenvalue weighted by Gasteiger charge is 2.17. The molecule has 0 aliphatic rings. The van der Waals surface area contributed by atoms with Gasteiger partial charge in [0.25, 0.3) is 0 Å². The highest BCUT2D eigenvalue weighted by atomic mass is 79.9. The lowest BCUT2D eigenvalue weighted by molar-refractivity contribution is 0.563. The molecule has 0 radical (unpaired) electrons. The van der Waals surface area contributed by atoms with E-state index in [1.54, 1.807) is 30.3 Å². The Balaban J connectivity index is 2.28. The fourth-order valence-corrected chi connectivity index (χ4v) is 2.32. The molecule has 0 aromatic heterocycles. The molecule has 2 aromatic carbocycles. The summed E-state index contributed by atoms with van der Waals surface area (Å²) in [4.78, 5) is 0. The first kappa shape index (κ1) is 14.4. The molecule has 100 valence electrons. The van der Waals surface area contributed by atoms with Crippen LogP contribution in [0, 0.1) is 11.6 Å². The Morgan fingerprint density at radius 3 is 2.53 bits per heavy atom. The lowest BCUT2D eigenvalue weighted by Crippen LogP contribution is -2.16. The third-order valence-corrected chi connectivity index (χ3v) is 4.12. The number of rotatable bonds is 3. The van der Waals surface area contributed by atoms with E-state index in [1.165, 1.54) is 6.07 Å². The molecular weight excluding hydrogens is 336 g/mol. The first-order chi connectivity index (χ1) is 9.00. The van der Waals surface area contributed by atoms with Gasteiger partial charge >= 0.3 is 0 Å². The predicted octanol–water partition coefficient (Wildman–Crippen LogP) is 4.62. The van der Waals surface area contributed by atoms with Crippen molar-refractivity contribution in [1.82, 2.24) is 0 Å². The van der Waals surface area contributed by atoms with Gasteiger partial charge in [-0.15, -0.1) is 0 Å². The molecule has 0 aliphatic heterocycles. The number of nitrogens with two attached hydrogens (primary N) is 1. The van der Waals surface area contributed by atoms with Crippen molar-refractivity contribution in [3.8, 4) is 0 Å². The Kier molecular flexibility index (Phi) is 4.55. The molecule has 0 saturated heterocycles.